The molecule has 2 rings (SSSR count). The Morgan fingerprint density at radius 1 is 1.18 bits per heavy atom. The lowest BCUT2D eigenvalue weighted by Gasteiger charge is -2.23. The largest absolute Gasteiger partial charge is 0.545 e. The summed E-state index contributed by atoms with van der Waals surface area (Å²) in [6, 6.07) is 8.07. The number of hydrogen-bond acceptors (Lipinski definition) is 2. The molecule has 1 aromatic rings. The Morgan fingerprint density at radius 3 is 2.59 bits per heavy atom. The van der Waals surface area contributed by atoms with Gasteiger partial charge in [-0.2, -0.15) is 0 Å². The number of carboxylic acid groups (broad SMARTS) is 1. The summed E-state index contributed by atoms with van der Waals surface area (Å²) in [6.07, 6.45) is 9.09. The van der Waals surface area contributed by atoms with E-state index in [9.17, 15) is 9.90 Å². The van der Waals surface area contributed by atoms with Crippen LogP contribution in [0.3, 0.4) is 0 Å². The molecule has 2 nitrogen and oxygen atoms in total. The van der Waals surface area contributed by atoms with Crippen molar-refractivity contribution >= 4 is 12.0 Å². The van der Waals surface area contributed by atoms with E-state index in [1.165, 1.54) is 37.7 Å². The normalized spacial score (nSPS) is 17.4. The third-order valence-corrected chi connectivity index (χ3v) is 3.44. The van der Waals surface area contributed by atoms with Crippen molar-refractivity contribution in [2.24, 2.45) is 0 Å². The summed E-state index contributed by atoms with van der Waals surface area (Å²) in [7, 11) is 0. The number of hydrogen-bond donors (Lipinski definition) is 0. The number of carbonyl (C=O) groups is 1. The second kappa shape index (κ2) is 5.67. The van der Waals surface area contributed by atoms with Gasteiger partial charge in [0.25, 0.3) is 0 Å². The molecule has 0 aliphatic heterocycles. The second-order valence-electron chi connectivity index (χ2n) is 4.62. The molecular weight excluding hydrogens is 212 g/mol. The standard InChI is InChI=1S/C15H18O2/c16-15(17)11-10-13-8-4-5-9-14(13)12-6-2-1-3-7-12/h4-5,8-12H,1-3,6-7H2,(H,16,17)/p-1/b11-10+. The topological polar surface area (TPSA) is 40.1 Å². The maximum absolute atomic E-state index is 10.5. The zero-order valence-electron chi connectivity index (χ0n) is 9.89. The van der Waals surface area contributed by atoms with Gasteiger partial charge >= 0.3 is 0 Å². The van der Waals surface area contributed by atoms with E-state index in [1.54, 1.807) is 6.08 Å². The van der Waals surface area contributed by atoms with Crippen molar-refractivity contribution < 1.29 is 9.90 Å². The minimum Gasteiger partial charge on any atom is -0.545 e. The Kier molecular flexibility index (Phi) is 3.97. The van der Waals surface area contributed by atoms with E-state index in [-0.39, 0.29) is 0 Å². The lowest BCUT2D eigenvalue weighted by atomic mass is 9.82. The van der Waals surface area contributed by atoms with Gasteiger partial charge < -0.3 is 9.90 Å². The van der Waals surface area contributed by atoms with Gasteiger partial charge in [-0.25, -0.2) is 0 Å². The predicted molar refractivity (Wildman–Crippen MR) is 66.3 cm³/mol. The fourth-order valence-electron chi connectivity index (χ4n) is 2.61. The highest BCUT2D eigenvalue weighted by atomic mass is 16.4. The minimum absolute atomic E-state index is 0.589. The average molecular weight is 229 g/mol. The highest BCUT2D eigenvalue weighted by Crippen LogP contribution is 2.34. The fraction of sp³-hybridized carbons (Fsp3) is 0.400. The smallest absolute Gasteiger partial charge is 0.0643 e. The molecule has 1 aliphatic carbocycles. The SMILES string of the molecule is O=C([O-])/C=C/c1ccccc1C1CCCCC1. The van der Waals surface area contributed by atoms with Gasteiger partial charge in [0, 0.05) is 0 Å². The first-order valence-electron chi connectivity index (χ1n) is 6.25. The van der Waals surface area contributed by atoms with Crippen molar-refractivity contribution in [1.82, 2.24) is 0 Å². The van der Waals surface area contributed by atoms with Crippen molar-refractivity contribution in [2.75, 3.05) is 0 Å². The van der Waals surface area contributed by atoms with Gasteiger partial charge in [-0.3, -0.25) is 0 Å². The number of carbonyl (C=O) groups excluding carboxylic acids is 1. The van der Waals surface area contributed by atoms with Crippen molar-refractivity contribution in [3.8, 4) is 0 Å². The number of benzene rings is 1. The Morgan fingerprint density at radius 2 is 1.88 bits per heavy atom. The molecule has 1 saturated carbocycles. The molecule has 17 heavy (non-hydrogen) atoms. The van der Waals surface area contributed by atoms with Gasteiger partial charge in [-0.15, -0.1) is 0 Å². The molecule has 1 fully saturated rings. The zero-order chi connectivity index (χ0) is 12.1. The Labute approximate surface area is 102 Å². The van der Waals surface area contributed by atoms with Crippen LogP contribution in [0.4, 0.5) is 0 Å². The van der Waals surface area contributed by atoms with Gasteiger partial charge in [0.15, 0.2) is 0 Å². The molecule has 0 saturated heterocycles. The first-order chi connectivity index (χ1) is 8.27. The van der Waals surface area contributed by atoms with Crippen LogP contribution < -0.4 is 5.11 Å². The van der Waals surface area contributed by atoms with Crippen LogP contribution in [0, 0.1) is 0 Å². The van der Waals surface area contributed by atoms with E-state index in [2.05, 4.69) is 6.07 Å². The molecule has 0 atom stereocenters. The van der Waals surface area contributed by atoms with Crippen LogP contribution in [0.2, 0.25) is 0 Å². The maximum atomic E-state index is 10.5. The van der Waals surface area contributed by atoms with Crippen LogP contribution in [0.15, 0.2) is 30.3 Å². The predicted octanol–water partition coefficient (Wildman–Crippen LogP) is 2.50. The summed E-state index contributed by atoms with van der Waals surface area (Å²) in [5.74, 6) is -0.546. The summed E-state index contributed by atoms with van der Waals surface area (Å²) in [4.78, 5) is 10.5. The third-order valence-electron chi connectivity index (χ3n) is 3.44. The Balaban J connectivity index is 2.23. The van der Waals surface area contributed by atoms with Gasteiger partial charge in [0.2, 0.25) is 0 Å². The first-order valence-corrected chi connectivity index (χ1v) is 6.25. The molecule has 0 amide bonds. The summed E-state index contributed by atoms with van der Waals surface area (Å²) >= 11 is 0. The van der Waals surface area contributed by atoms with Crippen molar-refractivity contribution in [1.29, 1.82) is 0 Å². The quantitative estimate of drug-likeness (QED) is 0.747. The molecule has 90 valence electrons. The van der Waals surface area contributed by atoms with Crippen LogP contribution in [-0.4, -0.2) is 5.97 Å². The zero-order valence-corrected chi connectivity index (χ0v) is 9.89. The third kappa shape index (κ3) is 3.19. The van der Waals surface area contributed by atoms with Crippen molar-refractivity contribution in [3.05, 3.63) is 41.5 Å². The highest BCUT2D eigenvalue weighted by Gasteiger charge is 2.16. The molecule has 0 bridgehead atoms. The van der Waals surface area contributed by atoms with Crippen LogP contribution in [-0.2, 0) is 4.79 Å². The second-order valence-corrected chi connectivity index (χ2v) is 4.62. The van der Waals surface area contributed by atoms with Gasteiger partial charge in [0.1, 0.15) is 0 Å². The number of rotatable bonds is 3. The van der Waals surface area contributed by atoms with Crippen molar-refractivity contribution in [2.45, 2.75) is 38.0 Å². The van der Waals surface area contributed by atoms with E-state index >= 15 is 0 Å². The molecule has 0 spiro atoms. The van der Waals surface area contributed by atoms with E-state index in [0.717, 1.165) is 11.6 Å². The van der Waals surface area contributed by atoms with Crippen LogP contribution in [0.1, 0.15) is 49.1 Å². The van der Waals surface area contributed by atoms with Crippen molar-refractivity contribution in [3.63, 3.8) is 0 Å². The van der Waals surface area contributed by atoms with Crippen LogP contribution in [0.25, 0.3) is 6.08 Å². The molecule has 2 heteroatoms. The highest BCUT2D eigenvalue weighted by molar-refractivity contribution is 5.83. The average Bonchev–Trinajstić information content (AvgIpc) is 2.38. The van der Waals surface area contributed by atoms with Gasteiger partial charge in [0.05, 0.1) is 5.97 Å². The van der Waals surface area contributed by atoms with Crippen LogP contribution in [0.5, 0.6) is 0 Å². The molecule has 0 unspecified atom stereocenters. The van der Waals surface area contributed by atoms with Gasteiger partial charge in [-0.05, 0) is 36.0 Å². The molecule has 1 aromatic carbocycles. The molecule has 1 aliphatic rings. The molecule has 0 aromatic heterocycles. The van der Waals surface area contributed by atoms with E-state index in [4.69, 9.17) is 0 Å². The molecule has 0 radical (unpaired) electrons. The molecular formula is C15H17O2-. The van der Waals surface area contributed by atoms with E-state index in [1.807, 2.05) is 18.2 Å². The summed E-state index contributed by atoms with van der Waals surface area (Å²) in [5, 5.41) is 10.5. The minimum atomic E-state index is -1.14. The summed E-state index contributed by atoms with van der Waals surface area (Å²) < 4.78 is 0. The summed E-state index contributed by atoms with van der Waals surface area (Å²) in [5.41, 5.74) is 2.30. The molecule has 0 N–H and O–H groups in total. The lowest BCUT2D eigenvalue weighted by molar-refractivity contribution is -0.297. The number of carboxylic acids is 1. The van der Waals surface area contributed by atoms with Gasteiger partial charge in [-0.1, -0.05) is 49.6 Å². The maximum Gasteiger partial charge on any atom is 0.0643 e. The first kappa shape index (κ1) is 11.9. The van der Waals surface area contributed by atoms with E-state index < -0.39 is 5.97 Å². The Bertz CT molecular complexity index is 415. The molecule has 0 heterocycles. The summed E-state index contributed by atoms with van der Waals surface area (Å²) in [6.45, 7) is 0. The Hall–Kier alpha value is -1.57. The van der Waals surface area contributed by atoms with E-state index in [0.29, 0.717) is 5.92 Å². The van der Waals surface area contributed by atoms with Crippen LogP contribution >= 0.6 is 0 Å². The fourth-order valence-corrected chi connectivity index (χ4v) is 2.61. The lowest BCUT2D eigenvalue weighted by Crippen LogP contribution is -2.18. The monoisotopic (exact) mass is 229 g/mol. The number of aliphatic carboxylic acids is 1.